The highest BCUT2D eigenvalue weighted by molar-refractivity contribution is 7.98. The van der Waals surface area contributed by atoms with Crippen LogP contribution in [0.4, 0.5) is 0 Å². The minimum atomic E-state index is -1.49. The number of hydrogen-bond donors (Lipinski definition) is 7. The van der Waals surface area contributed by atoms with E-state index in [0.29, 0.717) is 17.7 Å². The number of carboxylic acid groups (broad SMARTS) is 2. The minimum Gasteiger partial charge on any atom is -0.481 e. The Balaban J connectivity index is 2.85. The number of carboxylic acids is 2. The molecule has 0 aliphatic heterocycles. The third-order valence-electron chi connectivity index (χ3n) is 4.69. The van der Waals surface area contributed by atoms with Gasteiger partial charge in [-0.2, -0.15) is 24.4 Å². The first-order valence-electron chi connectivity index (χ1n) is 10.3. The highest BCUT2D eigenvalue weighted by Crippen LogP contribution is 2.05. The number of nitrogens with one attached hydrogen (secondary N) is 3. The van der Waals surface area contributed by atoms with Crippen LogP contribution >= 0.6 is 24.4 Å². The summed E-state index contributed by atoms with van der Waals surface area (Å²) < 4.78 is 0. The summed E-state index contributed by atoms with van der Waals surface area (Å²) in [5.74, 6) is -4.66. The quantitative estimate of drug-likeness (QED) is 0.148. The predicted octanol–water partition coefficient (Wildman–Crippen LogP) is -0.747. The zero-order valence-electron chi connectivity index (χ0n) is 18.6. The minimum absolute atomic E-state index is 0.0147. The SMILES string of the molecule is CSCCC(N)C(=O)NC(CC(=O)O)C(=O)NC(CS)C(=O)NC(Cc1ccccc1)C(=O)O. The Kier molecular flexibility index (Phi) is 13.1. The predicted molar refractivity (Wildman–Crippen MR) is 131 cm³/mol. The van der Waals surface area contributed by atoms with Crippen LogP contribution in [0.25, 0.3) is 0 Å². The molecule has 1 rings (SSSR count). The Hall–Kier alpha value is -2.77. The van der Waals surface area contributed by atoms with E-state index in [9.17, 15) is 29.1 Å². The average molecular weight is 515 g/mol. The van der Waals surface area contributed by atoms with E-state index in [4.69, 9.17) is 10.8 Å². The van der Waals surface area contributed by atoms with Crippen molar-refractivity contribution in [3.8, 4) is 0 Å². The molecule has 0 saturated heterocycles. The molecule has 188 valence electrons. The average Bonchev–Trinajstić information content (AvgIpc) is 2.79. The zero-order chi connectivity index (χ0) is 25.7. The van der Waals surface area contributed by atoms with Crippen LogP contribution in [0, 0.1) is 0 Å². The number of thiol groups is 1. The second-order valence-electron chi connectivity index (χ2n) is 7.38. The van der Waals surface area contributed by atoms with Crippen LogP contribution in [0.5, 0.6) is 0 Å². The Bertz CT molecular complexity index is 857. The fraction of sp³-hybridized carbons (Fsp3) is 0.476. The van der Waals surface area contributed by atoms with E-state index in [0.717, 1.165) is 0 Å². The fourth-order valence-electron chi connectivity index (χ4n) is 2.83. The summed E-state index contributed by atoms with van der Waals surface area (Å²) in [6.07, 6.45) is 1.44. The molecule has 0 aliphatic rings. The molecular formula is C21H30N4O7S2. The van der Waals surface area contributed by atoms with Gasteiger partial charge in [-0.1, -0.05) is 30.3 Å². The highest BCUT2D eigenvalue weighted by Gasteiger charge is 2.31. The smallest absolute Gasteiger partial charge is 0.326 e. The van der Waals surface area contributed by atoms with Crippen molar-refractivity contribution in [3.63, 3.8) is 0 Å². The summed E-state index contributed by atoms with van der Waals surface area (Å²) in [7, 11) is 0. The maximum absolute atomic E-state index is 12.7. The van der Waals surface area contributed by atoms with Crippen molar-refractivity contribution in [3.05, 3.63) is 35.9 Å². The molecule has 0 spiro atoms. The van der Waals surface area contributed by atoms with Crippen LogP contribution in [0.2, 0.25) is 0 Å². The number of carbonyl (C=O) groups excluding carboxylic acids is 3. The molecule has 0 aliphatic carbocycles. The van der Waals surface area contributed by atoms with Crippen molar-refractivity contribution >= 4 is 54.1 Å². The van der Waals surface area contributed by atoms with Crippen LogP contribution in [0.1, 0.15) is 18.4 Å². The third-order valence-corrected chi connectivity index (χ3v) is 5.70. The van der Waals surface area contributed by atoms with Gasteiger partial charge in [-0.15, -0.1) is 0 Å². The maximum atomic E-state index is 12.7. The number of thioether (sulfide) groups is 1. The van der Waals surface area contributed by atoms with Crippen LogP contribution < -0.4 is 21.7 Å². The molecule has 11 nitrogen and oxygen atoms in total. The number of carbonyl (C=O) groups is 5. The first kappa shape index (κ1) is 29.3. The van der Waals surface area contributed by atoms with E-state index in [-0.39, 0.29) is 12.2 Å². The molecule has 0 saturated carbocycles. The third kappa shape index (κ3) is 10.4. The van der Waals surface area contributed by atoms with Crippen LogP contribution in [-0.4, -0.2) is 81.8 Å². The van der Waals surface area contributed by atoms with Gasteiger partial charge in [-0.25, -0.2) is 4.79 Å². The number of nitrogens with two attached hydrogens (primary N) is 1. The summed E-state index contributed by atoms with van der Waals surface area (Å²) in [4.78, 5) is 60.4. The Morgan fingerprint density at radius 2 is 1.50 bits per heavy atom. The molecule has 34 heavy (non-hydrogen) atoms. The standard InChI is InChI=1S/C21H30N4O7S2/c1-34-8-7-13(22)18(28)23-14(10-17(26)27)19(29)25-16(11-33)20(30)24-15(21(31)32)9-12-5-3-2-4-6-12/h2-6,13-16,33H,7-11,22H2,1H3,(H,23,28)(H,24,30)(H,25,29)(H,26,27)(H,31,32). The maximum Gasteiger partial charge on any atom is 0.326 e. The summed E-state index contributed by atoms with van der Waals surface area (Å²) in [6.45, 7) is 0. The largest absolute Gasteiger partial charge is 0.481 e. The van der Waals surface area contributed by atoms with Gasteiger partial charge in [0.1, 0.15) is 18.1 Å². The van der Waals surface area contributed by atoms with Gasteiger partial charge in [0.25, 0.3) is 0 Å². The number of amides is 3. The Labute approximate surface area is 207 Å². The van der Waals surface area contributed by atoms with Gasteiger partial charge in [0, 0.05) is 12.2 Å². The van der Waals surface area contributed by atoms with Crippen molar-refractivity contribution in [2.45, 2.75) is 43.4 Å². The van der Waals surface area contributed by atoms with Crippen molar-refractivity contribution in [1.29, 1.82) is 0 Å². The highest BCUT2D eigenvalue weighted by atomic mass is 32.2. The lowest BCUT2D eigenvalue weighted by atomic mass is 10.1. The summed E-state index contributed by atoms with van der Waals surface area (Å²) in [5.41, 5.74) is 6.45. The molecule has 3 amide bonds. The monoisotopic (exact) mass is 514 g/mol. The van der Waals surface area contributed by atoms with Crippen LogP contribution in [-0.2, 0) is 30.4 Å². The lowest BCUT2D eigenvalue weighted by Crippen LogP contribution is -2.58. The van der Waals surface area contributed by atoms with E-state index in [2.05, 4.69) is 28.6 Å². The first-order chi connectivity index (χ1) is 16.1. The molecule has 0 radical (unpaired) electrons. The molecule has 7 N–H and O–H groups in total. The molecule has 0 bridgehead atoms. The number of hydrogen-bond acceptors (Lipinski definition) is 8. The zero-order valence-corrected chi connectivity index (χ0v) is 20.3. The molecule has 0 fully saturated rings. The van der Waals surface area contributed by atoms with Gasteiger partial charge in [-0.05, 0) is 24.0 Å². The number of benzene rings is 1. The van der Waals surface area contributed by atoms with Gasteiger partial charge in [0.15, 0.2) is 0 Å². The molecular weight excluding hydrogens is 484 g/mol. The van der Waals surface area contributed by atoms with Crippen molar-refractivity contribution in [2.75, 3.05) is 17.8 Å². The van der Waals surface area contributed by atoms with E-state index >= 15 is 0 Å². The molecule has 4 atom stereocenters. The van der Waals surface area contributed by atoms with Crippen molar-refractivity contribution in [1.82, 2.24) is 16.0 Å². The number of rotatable bonds is 15. The van der Waals surface area contributed by atoms with Crippen LogP contribution in [0.3, 0.4) is 0 Å². The molecule has 13 heteroatoms. The van der Waals surface area contributed by atoms with Crippen LogP contribution in [0.15, 0.2) is 30.3 Å². The molecule has 4 unspecified atom stereocenters. The lowest BCUT2D eigenvalue weighted by Gasteiger charge is -2.24. The molecule has 0 heterocycles. The van der Waals surface area contributed by atoms with E-state index in [1.165, 1.54) is 11.8 Å². The second-order valence-corrected chi connectivity index (χ2v) is 8.73. The first-order valence-corrected chi connectivity index (χ1v) is 12.4. The molecule has 1 aromatic rings. The fourth-order valence-corrected chi connectivity index (χ4v) is 3.57. The molecule has 1 aromatic carbocycles. The van der Waals surface area contributed by atoms with Gasteiger partial charge < -0.3 is 31.9 Å². The Morgan fingerprint density at radius 1 is 0.941 bits per heavy atom. The van der Waals surface area contributed by atoms with Crippen molar-refractivity contribution < 1.29 is 34.2 Å². The Morgan fingerprint density at radius 3 is 2.03 bits per heavy atom. The van der Waals surface area contributed by atoms with Crippen molar-refractivity contribution in [2.24, 2.45) is 5.73 Å². The van der Waals surface area contributed by atoms with Gasteiger partial charge in [-0.3, -0.25) is 19.2 Å². The van der Waals surface area contributed by atoms with Gasteiger partial charge in [0.2, 0.25) is 17.7 Å². The van der Waals surface area contributed by atoms with E-state index < -0.39 is 60.2 Å². The lowest BCUT2D eigenvalue weighted by molar-refractivity contribution is -0.143. The summed E-state index contributed by atoms with van der Waals surface area (Å²) in [5, 5.41) is 25.6. The van der Waals surface area contributed by atoms with E-state index in [1.807, 2.05) is 6.26 Å². The van der Waals surface area contributed by atoms with E-state index in [1.54, 1.807) is 30.3 Å². The second kappa shape index (κ2) is 15.2. The van der Waals surface area contributed by atoms with Gasteiger partial charge >= 0.3 is 11.9 Å². The van der Waals surface area contributed by atoms with Gasteiger partial charge in [0.05, 0.1) is 12.5 Å². The molecule has 0 aromatic heterocycles. The summed E-state index contributed by atoms with van der Waals surface area (Å²) in [6, 6.07) is 3.70. The number of aliphatic carboxylic acids is 2. The summed E-state index contributed by atoms with van der Waals surface area (Å²) >= 11 is 5.51. The topological polar surface area (TPSA) is 188 Å². The normalized spacial score (nSPS) is 14.2.